The SMILES string of the molecule is C[C@H](Sc1nc(N)c2ccsc2n1)C(=O)NC(=O)NC1CC1. The molecule has 0 unspecified atom stereocenters. The zero-order valence-corrected chi connectivity index (χ0v) is 13.5. The van der Waals surface area contributed by atoms with Gasteiger partial charge in [0, 0.05) is 6.04 Å². The second-order valence-electron chi connectivity index (χ2n) is 5.03. The number of anilines is 1. The zero-order chi connectivity index (χ0) is 15.7. The van der Waals surface area contributed by atoms with Crippen LogP contribution in [-0.4, -0.2) is 33.2 Å². The Hall–Kier alpha value is -1.87. The first-order chi connectivity index (χ1) is 10.5. The van der Waals surface area contributed by atoms with Crippen LogP contribution in [0.4, 0.5) is 10.6 Å². The van der Waals surface area contributed by atoms with Crippen molar-refractivity contribution >= 4 is 51.1 Å². The van der Waals surface area contributed by atoms with Crippen molar-refractivity contribution in [2.45, 2.75) is 36.2 Å². The number of aromatic nitrogens is 2. The van der Waals surface area contributed by atoms with Gasteiger partial charge in [-0.3, -0.25) is 10.1 Å². The van der Waals surface area contributed by atoms with Crippen LogP contribution in [-0.2, 0) is 4.79 Å². The Morgan fingerprint density at radius 1 is 1.45 bits per heavy atom. The second kappa shape index (κ2) is 6.09. The van der Waals surface area contributed by atoms with Crippen LogP contribution in [0.2, 0.25) is 0 Å². The van der Waals surface area contributed by atoms with E-state index in [4.69, 9.17) is 5.73 Å². The molecule has 9 heteroatoms. The van der Waals surface area contributed by atoms with E-state index in [1.54, 1.807) is 6.92 Å². The number of nitrogens with zero attached hydrogens (tertiary/aromatic N) is 2. The molecule has 0 saturated heterocycles. The molecule has 0 radical (unpaired) electrons. The van der Waals surface area contributed by atoms with Gasteiger partial charge < -0.3 is 11.1 Å². The van der Waals surface area contributed by atoms with Gasteiger partial charge in [-0.1, -0.05) is 11.8 Å². The summed E-state index contributed by atoms with van der Waals surface area (Å²) in [5.41, 5.74) is 5.87. The highest BCUT2D eigenvalue weighted by atomic mass is 32.2. The number of fused-ring (bicyclic) bond motifs is 1. The van der Waals surface area contributed by atoms with Crippen LogP contribution >= 0.6 is 23.1 Å². The molecule has 4 N–H and O–H groups in total. The summed E-state index contributed by atoms with van der Waals surface area (Å²) in [5, 5.41) is 7.66. The maximum Gasteiger partial charge on any atom is 0.321 e. The maximum atomic E-state index is 12.0. The molecule has 0 spiro atoms. The van der Waals surface area contributed by atoms with E-state index in [9.17, 15) is 9.59 Å². The van der Waals surface area contributed by atoms with Crippen LogP contribution in [0.3, 0.4) is 0 Å². The lowest BCUT2D eigenvalue weighted by Crippen LogP contribution is -2.43. The Morgan fingerprint density at radius 3 is 2.95 bits per heavy atom. The molecule has 116 valence electrons. The van der Waals surface area contributed by atoms with Crippen LogP contribution in [0.25, 0.3) is 10.2 Å². The molecule has 7 nitrogen and oxygen atoms in total. The number of nitrogen functional groups attached to an aromatic ring is 1. The number of imide groups is 1. The van der Waals surface area contributed by atoms with Gasteiger partial charge in [0.2, 0.25) is 5.91 Å². The smallest absolute Gasteiger partial charge is 0.321 e. The first-order valence-corrected chi connectivity index (χ1v) is 8.57. The monoisotopic (exact) mass is 337 g/mol. The van der Waals surface area contributed by atoms with Gasteiger partial charge in [0.05, 0.1) is 10.6 Å². The molecule has 2 aromatic heterocycles. The molecule has 0 aliphatic heterocycles. The van der Waals surface area contributed by atoms with E-state index < -0.39 is 11.3 Å². The summed E-state index contributed by atoms with van der Waals surface area (Å²) < 4.78 is 0. The topological polar surface area (TPSA) is 110 Å². The van der Waals surface area contributed by atoms with Crippen LogP contribution in [0.5, 0.6) is 0 Å². The Labute approximate surface area is 135 Å². The molecule has 1 saturated carbocycles. The fraction of sp³-hybridized carbons (Fsp3) is 0.385. The maximum absolute atomic E-state index is 12.0. The fourth-order valence-electron chi connectivity index (χ4n) is 1.78. The average Bonchev–Trinajstić information content (AvgIpc) is 3.12. The molecule has 0 bridgehead atoms. The number of nitrogens with two attached hydrogens (primary N) is 1. The summed E-state index contributed by atoms with van der Waals surface area (Å²) in [6, 6.07) is 1.62. The number of amides is 3. The van der Waals surface area contributed by atoms with E-state index in [1.165, 1.54) is 23.1 Å². The number of thiophene rings is 1. The Kier molecular flexibility index (Phi) is 4.16. The third-order valence-electron chi connectivity index (χ3n) is 3.13. The van der Waals surface area contributed by atoms with Gasteiger partial charge in [0.15, 0.2) is 5.16 Å². The quantitative estimate of drug-likeness (QED) is 0.579. The van der Waals surface area contributed by atoms with Crippen molar-refractivity contribution < 1.29 is 9.59 Å². The van der Waals surface area contributed by atoms with Crippen molar-refractivity contribution in [3.8, 4) is 0 Å². The van der Waals surface area contributed by atoms with Gasteiger partial charge in [-0.15, -0.1) is 11.3 Å². The summed E-state index contributed by atoms with van der Waals surface area (Å²) in [6.45, 7) is 1.70. The number of carbonyl (C=O) groups excluding carboxylic acids is 2. The molecule has 1 atom stereocenters. The van der Waals surface area contributed by atoms with E-state index in [2.05, 4.69) is 20.6 Å². The van der Waals surface area contributed by atoms with E-state index in [1.807, 2.05) is 11.4 Å². The van der Waals surface area contributed by atoms with E-state index in [-0.39, 0.29) is 11.9 Å². The van der Waals surface area contributed by atoms with Gasteiger partial charge in [0.25, 0.3) is 0 Å². The molecular formula is C13H15N5O2S2. The number of rotatable bonds is 4. The first-order valence-electron chi connectivity index (χ1n) is 6.81. The molecule has 1 fully saturated rings. The van der Waals surface area contributed by atoms with Crippen molar-refractivity contribution in [3.05, 3.63) is 11.4 Å². The van der Waals surface area contributed by atoms with Gasteiger partial charge in [-0.2, -0.15) is 0 Å². The highest BCUT2D eigenvalue weighted by Crippen LogP contribution is 2.28. The number of hydrogen-bond acceptors (Lipinski definition) is 7. The number of nitrogens with one attached hydrogen (secondary N) is 2. The normalized spacial score (nSPS) is 15.5. The third kappa shape index (κ3) is 3.47. The Balaban J connectivity index is 1.62. The Morgan fingerprint density at radius 2 is 2.23 bits per heavy atom. The molecule has 2 heterocycles. The number of carbonyl (C=O) groups is 2. The predicted octanol–water partition coefficient (Wildman–Crippen LogP) is 1.74. The first kappa shape index (κ1) is 15.0. The lowest BCUT2D eigenvalue weighted by atomic mass is 10.4. The standard InChI is InChI=1S/C13H15N5O2S2/c1-6(10(19)17-12(20)15-7-2-3-7)22-13-16-9(14)8-4-5-21-11(8)18-13/h4-7H,2-3H2,1H3,(H2,14,16,18)(H2,15,17,19,20)/t6-/m0/s1. The van der Waals surface area contributed by atoms with Crippen molar-refractivity contribution in [2.24, 2.45) is 0 Å². The summed E-state index contributed by atoms with van der Waals surface area (Å²) in [6.07, 6.45) is 1.94. The fourth-order valence-corrected chi connectivity index (χ4v) is 3.39. The summed E-state index contributed by atoms with van der Waals surface area (Å²) >= 11 is 2.64. The molecule has 2 aromatic rings. The predicted molar refractivity (Wildman–Crippen MR) is 86.8 cm³/mol. The van der Waals surface area contributed by atoms with Crippen molar-refractivity contribution in [3.63, 3.8) is 0 Å². The molecule has 22 heavy (non-hydrogen) atoms. The highest BCUT2D eigenvalue weighted by Gasteiger charge is 2.25. The summed E-state index contributed by atoms with van der Waals surface area (Å²) in [5.74, 6) is 0.0180. The van der Waals surface area contributed by atoms with Crippen LogP contribution < -0.4 is 16.4 Å². The minimum Gasteiger partial charge on any atom is -0.383 e. The molecule has 3 amide bonds. The molecule has 0 aromatic carbocycles. The lowest BCUT2D eigenvalue weighted by molar-refractivity contribution is -0.119. The van der Waals surface area contributed by atoms with Gasteiger partial charge in [-0.25, -0.2) is 14.8 Å². The lowest BCUT2D eigenvalue weighted by Gasteiger charge is -2.11. The minimum absolute atomic E-state index is 0.208. The van der Waals surface area contributed by atoms with Crippen molar-refractivity contribution in [2.75, 3.05) is 5.73 Å². The summed E-state index contributed by atoms with van der Waals surface area (Å²) in [7, 11) is 0. The molecule has 3 rings (SSSR count). The van der Waals surface area contributed by atoms with Crippen LogP contribution in [0.1, 0.15) is 19.8 Å². The molecule has 1 aliphatic rings. The van der Waals surface area contributed by atoms with E-state index >= 15 is 0 Å². The third-order valence-corrected chi connectivity index (χ3v) is 4.90. The average molecular weight is 337 g/mol. The van der Waals surface area contributed by atoms with Gasteiger partial charge in [0.1, 0.15) is 10.6 Å². The molecular weight excluding hydrogens is 322 g/mol. The highest BCUT2D eigenvalue weighted by molar-refractivity contribution is 8.00. The Bertz CT molecular complexity index is 728. The van der Waals surface area contributed by atoms with E-state index in [0.29, 0.717) is 11.0 Å². The largest absolute Gasteiger partial charge is 0.383 e. The zero-order valence-electron chi connectivity index (χ0n) is 11.8. The van der Waals surface area contributed by atoms with Crippen molar-refractivity contribution in [1.29, 1.82) is 0 Å². The second-order valence-corrected chi connectivity index (χ2v) is 7.23. The van der Waals surface area contributed by atoms with Gasteiger partial charge in [-0.05, 0) is 31.2 Å². The molecule has 1 aliphatic carbocycles. The summed E-state index contributed by atoms with van der Waals surface area (Å²) in [4.78, 5) is 32.9. The van der Waals surface area contributed by atoms with Crippen molar-refractivity contribution in [1.82, 2.24) is 20.6 Å². The van der Waals surface area contributed by atoms with Crippen LogP contribution in [0, 0.1) is 0 Å². The van der Waals surface area contributed by atoms with Gasteiger partial charge >= 0.3 is 6.03 Å². The number of hydrogen-bond donors (Lipinski definition) is 3. The number of thioether (sulfide) groups is 1. The van der Waals surface area contributed by atoms with Crippen LogP contribution in [0.15, 0.2) is 16.6 Å². The number of urea groups is 1. The minimum atomic E-state index is -0.498. The van der Waals surface area contributed by atoms with E-state index in [0.717, 1.165) is 23.1 Å².